The molecule has 0 saturated carbocycles. The van der Waals surface area contributed by atoms with Gasteiger partial charge in [-0.3, -0.25) is 0 Å². The highest BCUT2D eigenvalue weighted by Gasteiger charge is 1.95. The third-order valence-corrected chi connectivity index (χ3v) is 0.538. The first-order valence-electron chi connectivity index (χ1n) is 1.66. The van der Waals surface area contributed by atoms with E-state index in [1.165, 1.54) is 12.3 Å². The zero-order chi connectivity index (χ0) is 4.41. The molecule has 2 heteroatoms. The van der Waals surface area contributed by atoms with Crippen LogP contribution in [-0.4, -0.2) is 11.3 Å². The van der Waals surface area contributed by atoms with Crippen LogP contribution in [0.15, 0.2) is 17.1 Å². The number of aliphatic hydroxyl groups is 1. The topological polar surface area (TPSA) is 32.6 Å². The van der Waals surface area contributed by atoms with Gasteiger partial charge in [-0.15, -0.1) is 0 Å². The molecule has 0 aromatic heterocycles. The second-order valence-corrected chi connectivity index (χ2v) is 0.995. The molecular formula is C4H4NO. The van der Waals surface area contributed by atoms with Crippen LogP contribution in [0, 0.1) is 6.23 Å². The van der Waals surface area contributed by atoms with Crippen LogP contribution in [0.1, 0.15) is 0 Å². The van der Waals surface area contributed by atoms with E-state index in [1.807, 2.05) is 0 Å². The molecule has 0 aromatic rings. The van der Waals surface area contributed by atoms with Crippen LogP contribution in [0.4, 0.5) is 0 Å². The van der Waals surface area contributed by atoms with Crippen molar-refractivity contribution in [3.05, 3.63) is 18.4 Å². The average molecular weight is 82.1 g/mol. The summed E-state index contributed by atoms with van der Waals surface area (Å²) in [5.74, 6) is 0. The van der Waals surface area contributed by atoms with Crippen molar-refractivity contribution < 1.29 is 5.11 Å². The zero-order valence-corrected chi connectivity index (χ0v) is 3.13. The van der Waals surface area contributed by atoms with E-state index in [4.69, 9.17) is 5.11 Å². The second kappa shape index (κ2) is 1.22. The molecule has 0 fully saturated rings. The van der Waals surface area contributed by atoms with Gasteiger partial charge in [-0.2, -0.15) is 0 Å². The van der Waals surface area contributed by atoms with E-state index in [0.29, 0.717) is 0 Å². The standard InChI is InChI=1S/C4H4NO/c6-4-2-1-3-5-4/h1-3,6H. The highest BCUT2D eigenvalue weighted by atomic mass is 16.3. The fraction of sp³-hybridized carbons (Fsp3) is 0. The van der Waals surface area contributed by atoms with Crippen LogP contribution in [0.5, 0.6) is 0 Å². The van der Waals surface area contributed by atoms with Gasteiger partial charge < -0.3 is 5.11 Å². The summed E-state index contributed by atoms with van der Waals surface area (Å²) in [7, 11) is 0. The number of allylic oxidation sites excluding steroid dienone is 1. The van der Waals surface area contributed by atoms with Crippen molar-refractivity contribution in [1.29, 1.82) is 0 Å². The Balaban J connectivity index is 2.60. The Kier molecular flexibility index (Phi) is 0.725. The molecule has 1 radical (unpaired) electrons. The molecule has 1 N–H and O–H groups in total. The van der Waals surface area contributed by atoms with E-state index >= 15 is 0 Å². The number of hydrogen-bond donors (Lipinski definition) is 1. The molecule has 1 rings (SSSR count). The molecule has 0 unspecified atom stereocenters. The number of rotatable bonds is 0. The third-order valence-electron chi connectivity index (χ3n) is 0.538. The van der Waals surface area contributed by atoms with Gasteiger partial charge in [0.2, 0.25) is 6.23 Å². The highest BCUT2D eigenvalue weighted by Crippen LogP contribution is 2.00. The Morgan fingerprint density at radius 2 is 2.50 bits per heavy atom. The average Bonchev–Trinajstić information content (AvgIpc) is 1.86. The van der Waals surface area contributed by atoms with Crippen LogP contribution in [0.25, 0.3) is 0 Å². The lowest BCUT2D eigenvalue weighted by Gasteiger charge is -1.81. The van der Waals surface area contributed by atoms with E-state index < -0.39 is 0 Å². The Hall–Kier alpha value is -0.630. The Labute approximate surface area is 35.8 Å². The molecule has 1 heterocycles. The molecule has 1 aliphatic heterocycles. The molecule has 0 saturated heterocycles. The fourth-order valence-corrected chi connectivity index (χ4v) is 0.292. The molecule has 0 atom stereocenters. The van der Waals surface area contributed by atoms with Crippen molar-refractivity contribution in [1.82, 2.24) is 0 Å². The molecule has 0 aromatic carbocycles. The lowest BCUT2D eigenvalue weighted by Crippen LogP contribution is -1.75. The SMILES string of the molecule is O[C]1C=CC=N1. The van der Waals surface area contributed by atoms with Crippen LogP contribution in [0.3, 0.4) is 0 Å². The largest absolute Gasteiger partial charge is 0.362 e. The summed E-state index contributed by atoms with van der Waals surface area (Å²) in [6, 6.07) is 0. The summed E-state index contributed by atoms with van der Waals surface area (Å²) in [6.07, 6.45) is 4.83. The highest BCUT2D eigenvalue weighted by molar-refractivity contribution is 5.75. The summed E-state index contributed by atoms with van der Waals surface area (Å²) in [6.45, 7) is 0. The van der Waals surface area contributed by atoms with Gasteiger partial charge in [0.25, 0.3) is 0 Å². The smallest absolute Gasteiger partial charge is 0.229 e. The minimum atomic E-state index is 0.0926. The van der Waals surface area contributed by atoms with Crippen molar-refractivity contribution in [3.8, 4) is 0 Å². The number of nitrogens with zero attached hydrogens (tertiary/aromatic N) is 1. The van der Waals surface area contributed by atoms with Gasteiger partial charge in [-0.1, -0.05) is 0 Å². The minimum Gasteiger partial charge on any atom is -0.362 e. The maximum Gasteiger partial charge on any atom is 0.229 e. The van der Waals surface area contributed by atoms with Crippen molar-refractivity contribution in [2.24, 2.45) is 4.99 Å². The molecule has 31 valence electrons. The van der Waals surface area contributed by atoms with Crippen molar-refractivity contribution in [3.63, 3.8) is 0 Å². The molecule has 1 aliphatic rings. The monoisotopic (exact) mass is 82.0 g/mol. The lowest BCUT2D eigenvalue weighted by molar-refractivity contribution is 0.342. The first-order chi connectivity index (χ1) is 2.89. The zero-order valence-electron chi connectivity index (χ0n) is 3.13. The maximum atomic E-state index is 8.36. The van der Waals surface area contributed by atoms with Crippen molar-refractivity contribution >= 4 is 6.21 Å². The molecule has 0 aliphatic carbocycles. The predicted octanol–water partition coefficient (Wildman–Crippen LogP) is 0.489. The molecule has 0 amide bonds. The second-order valence-electron chi connectivity index (χ2n) is 0.995. The number of hydrogen-bond acceptors (Lipinski definition) is 2. The van der Waals surface area contributed by atoms with E-state index in [2.05, 4.69) is 4.99 Å². The third kappa shape index (κ3) is 0.466. The normalized spacial score (nSPS) is 20.2. The van der Waals surface area contributed by atoms with E-state index in [-0.39, 0.29) is 6.23 Å². The Bertz CT molecular complexity index is 83.7. The predicted molar refractivity (Wildman–Crippen MR) is 22.8 cm³/mol. The van der Waals surface area contributed by atoms with E-state index in [1.54, 1.807) is 6.08 Å². The number of aliphatic hydroxyl groups excluding tert-OH is 1. The molecular weight excluding hydrogens is 78.0 g/mol. The first-order valence-corrected chi connectivity index (χ1v) is 1.66. The first kappa shape index (κ1) is 3.56. The number of aliphatic imine (C=N–C) groups is 1. The molecule has 6 heavy (non-hydrogen) atoms. The molecule has 2 nitrogen and oxygen atoms in total. The van der Waals surface area contributed by atoms with Gasteiger partial charge in [0.1, 0.15) is 0 Å². The fourth-order valence-electron chi connectivity index (χ4n) is 0.292. The van der Waals surface area contributed by atoms with Crippen LogP contribution < -0.4 is 0 Å². The quantitative estimate of drug-likeness (QED) is 0.453. The summed E-state index contributed by atoms with van der Waals surface area (Å²) >= 11 is 0. The summed E-state index contributed by atoms with van der Waals surface area (Å²) in [4.78, 5) is 3.47. The van der Waals surface area contributed by atoms with Crippen molar-refractivity contribution in [2.75, 3.05) is 0 Å². The van der Waals surface area contributed by atoms with Gasteiger partial charge in [0.15, 0.2) is 0 Å². The summed E-state index contributed by atoms with van der Waals surface area (Å²) in [5, 5.41) is 8.36. The summed E-state index contributed by atoms with van der Waals surface area (Å²) in [5.41, 5.74) is 0. The molecule has 0 bridgehead atoms. The Morgan fingerprint density at radius 3 is 2.67 bits per heavy atom. The molecule has 0 spiro atoms. The van der Waals surface area contributed by atoms with Crippen LogP contribution in [-0.2, 0) is 0 Å². The summed E-state index contributed by atoms with van der Waals surface area (Å²) < 4.78 is 0. The minimum absolute atomic E-state index is 0.0926. The van der Waals surface area contributed by atoms with Gasteiger partial charge in [0, 0.05) is 6.21 Å². The Morgan fingerprint density at radius 1 is 1.67 bits per heavy atom. The maximum absolute atomic E-state index is 8.36. The van der Waals surface area contributed by atoms with Crippen LogP contribution >= 0.6 is 0 Å². The van der Waals surface area contributed by atoms with Gasteiger partial charge in [-0.05, 0) is 12.2 Å². The van der Waals surface area contributed by atoms with Crippen LogP contribution in [0.2, 0.25) is 0 Å². The van der Waals surface area contributed by atoms with Gasteiger partial charge in [0.05, 0.1) is 0 Å². The van der Waals surface area contributed by atoms with Gasteiger partial charge in [-0.25, -0.2) is 4.99 Å². The van der Waals surface area contributed by atoms with Gasteiger partial charge >= 0.3 is 0 Å². The van der Waals surface area contributed by atoms with E-state index in [9.17, 15) is 0 Å². The van der Waals surface area contributed by atoms with E-state index in [0.717, 1.165) is 0 Å². The van der Waals surface area contributed by atoms with Crippen molar-refractivity contribution in [2.45, 2.75) is 0 Å². The lowest BCUT2D eigenvalue weighted by atomic mass is 10.5.